The van der Waals surface area contributed by atoms with Gasteiger partial charge in [-0.2, -0.15) is 13.2 Å². The lowest BCUT2D eigenvalue weighted by Gasteiger charge is -2.23. The predicted molar refractivity (Wildman–Crippen MR) is 76.4 cm³/mol. The van der Waals surface area contributed by atoms with Crippen LogP contribution in [-0.2, 0) is 11.3 Å². The zero-order valence-electron chi connectivity index (χ0n) is 11.4. The lowest BCUT2D eigenvalue weighted by Crippen LogP contribution is -2.34. The van der Waals surface area contributed by atoms with Crippen molar-refractivity contribution < 1.29 is 22.6 Å². The maximum Gasteiger partial charge on any atom is 0.422 e. The highest BCUT2D eigenvalue weighted by molar-refractivity contribution is 9.10. The smallest absolute Gasteiger partial charge is 0.422 e. The van der Waals surface area contributed by atoms with E-state index in [0.717, 1.165) is 31.6 Å². The van der Waals surface area contributed by atoms with Crippen LogP contribution in [0.15, 0.2) is 22.7 Å². The van der Waals surface area contributed by atoms with Crippen molar-refractivity contribution in [1.29, 1.82) is 0 Å². The molecule has 1 heterocycles. The number of nitrogens with one attached hydrogen (secondary N) is 1. The fourth-order valence-electron chi connectivity index (χ4n) is 2.14. The Morgan fingerprint density at radius 1 is 1.24 bits per heavy atom. The Hall–Kier alpha value is -0.790. The SMILES string of the molecule is FC(F)(F)COc1cc(Br)cc(CNC2CCOCC2)c1. The van der Waals surface area contributed by atoms with Crippen molar-refractivity contribution in [2.75, 3.05) is 19.8 Å². The van der Waals surface area contributed by atoms with Crippen molar-refractivity contribution in [2.24, 2.45) is 0 Å². The fraction of sp³-hybridized carbons (Fsp3) is 0.571. The van der Waals surface area contributed by atoms with Crippen molar-refractivity contribution in [1.82, 2.24) is 5.32 Å². The monoisotopic (exact) mass is 367 g/mol. The number of rotatable bonds is 5. The summed E-state index contributed by atoms with van der Waals surface area (Å²) < 4.78 is 47.3. The molecule has 0 aromatic heterocycles. The molecule has 0 aliphatic carbocycles. The summed E-state index contributed by atoms with van der Waals surface area (Å²) in [7, 11) is 0. The van der Waals surface area contributed by atoms with E-state index in [1.165, 1.54) is 6.07 Å². The molecule has 1 aliphatic rings. The van der Waals surface area contributed by atoms with Crippen LogP contribution in [-0.4, -0.2) is 32.0 Å². The molecule has 0 saturated carbocycles. The highest BCUT2D eigenvalue weighted by atomic mass is 79.9. The maximum atomic E-state index is 12.2. The van der Waals surface area contributed by atoms with E-state index < -0.39 is 12.8 Å². The first kappa shape index (κ1) is 16.6. The van der Waals surface area contributed by atoms with E-state index in [9.17, 15) is 13.2 Å². The quantitative estimate of drug-likeness (QED) is 0.861. The number of hydrogen-bond acceptors (Lipinski definition) is 3. The molecule has 0 unspecified atom stereocenters. The number of hydrogen-bond donors (Lipinski definition) is 1. The topological polar surface area (TPSA) is 30.5 Å². The third-order valence-electron chi connectivity index (χ3n) is 3.15. The molecule has 1 saturated heterocycles. The number of ether oxygens (including phenoxy) is 2. The van der Waals surface area contributed by atoms with Crippen molar-refractivity contribution in [3.8, 4) is 5.75 Å². The van der Waals surface area contributed by atoms with Crippen LogP contribution in [0.25, 0.3) is 0 Å². The van der Waals surface area contributed by atoms with Crippen LogP contribution in [0.4, 0.5) is 13.2 Å². The second kappa shape index (κ2) is 7.47. The number of benzene rings is 1. The van der Waals surface area contributed by atoms with Gasteiger partial charge in [-0.05, 0) is 36.6 Å². The largest absolute Gasteiger partial charge is 0.484 e. The van der Waals surface area contributed by atoms with Crippen LogP contribution in [0.1, 0.15) is 18.4 Å². The first-order valence-corrected chi connectivity index (χ1v) is 7.52. The van der Waals surface area contributed by atoms with Gasteiger partial charge in [-0.3, -0.25) is 0 Å². The number of alkyl halides is 3. The molecule has 0 atom stereocenters. The zero-order chi connectivity index (χ0) is 15.3. The Labute approximate surface area is 129 Å². The van der Waals surface area contributed by atoms with Crippen LogP contribution in [0.2, 0.25) is 0 Å². The molecular weight excluding hydrogens is 351 g/mol. The van der Waals surface area contributed by atoms with E-state index in [0.29, 0.717) is 17.1 Å². The van der Waals surface area contributed by atoms with Crippen molar-refractivity contribution in [3.63, 3.8) is 0 Å². The van der Waals surface area contributed by atoms with Crippen molar-refractivity contribution in [3.05, 3.63) is 28.2 Å². The van der Waals surface area contributed by atoms with Gasteiger partial charge in [-0.1, -0.05) is 15.9 Å². The second-order valence-corrected chi connectivity index (χ2v) is 5.88. The average molecular weight is 368 g/mol. The first-order chi connectivity index (χ1) is 9.92. The van der Waals surface area contributed by atoms with Gasteiger partial charge in [0.1, 0.15) is 5.75 Å². The molecule has 0 amide bonds. The molecule has 1 aromatic rings. The predicted octanol–water partition coefficient (Wildman–Crippen LogP) is 3.66. The third kappa shape index (κ3) is 6.23. The minimum atomic E-state index is -4.33. The fourth-order valence-corrected chi connectivity index (χ4v) is 2.65. The Balaban J connectivity index is 1.91. The summed E-state index contributed by atoms with van der Waals surface area (Å²) in [5.74, 6) is 0.213. The van der Waals surface area contributed by atoms with E-state index in [-0.39, 0.29) is 5.75 Å². The molecule has 2 rings (SSSR count). The summed E-state index contributed by atoms with van der Waals surface area (Å²) >= 11 is 3.29. The third-order valence-corrected chi connectivity index (χ3v) is 3.61. The van der Waals surface area contributed by atoms with Gasteiger partial charge in [-0.25, -0.2) is 0 Å². The molecule has 3 nitrogen and oxygen atoms in total. The van der Waals surface area contributed by atoms with Crippen molar-refractivity contribution in [2.45, 2.75) is 31.6 Å². The van der Waals surface area contributed by atoms with E-state index in [1.54, 1.807) is 6.07 Å². The molecule has 0 radical (unpaired) electrons. The van der Waals surface area contributed by atoms with Crippen LogP contribution in [0.5, 0.6) is 5.75 Å². The van der Waals surface area contributed by atoms with E-state index in [1.807, 2.05) is 6.07 Å². The van der Waals surface area contributed by atoms with Gasteiger partial charge >= 0.3 is 6.18 Å². The van der Waals surface area contributed by atoms with Crippen molar-refractivity contribution >= 4 is 15.9 Å². The lowest BCUT2D eigenvalue weighted by molar-refractivity contribution is -0.153. The van der Waals surface area contributed by atoms with Gasteiger partial charge in [-0.15, -0.1) is 0 Å². The Morgan fingerprint density at radius 3 is 2.62 bits per heavy atom. The minimum Gasteiger partial charge on any atom is -0.484 e. The van der Waals surface area contributed by atoms with Crippen LogP contribution in [0, 0.1) is 0 Å². The normalized spacial score (nSPS) is 17.0. The summed E-state index contributed by atoms with van der Waals surface area (Å²) in [6.07, 6.45) is -2.43. The Morgan fingerprint density at radius 2 is 1.95 bits per heavy atom. The molecule has 7 heteroatoms. The van der Waals surface area contributed by atoms with E-state index in [2.05, 4.69) is 21.2 Å². The standard InChI is InChI=1S/C14H17BrF3NO2/c15-11-5-10(8-19-12-1-3-20-4-2-12)6-13(7-11)21-9-14(16,17)18/h5-7,12,19H,1-4,8-9H2. The molecule has 0 bridgehead atoms. The zero-order valence-corrected chi connectivity index (χ0v) is 13.0. The highest BCUT2D eigenvalue weighted by Gasteiger charge is 2.28. The molecule has 1 aromatic carbocycles. The van der Waals surface area contributed by atoms with Crippen LogP contribution >= 0.6 is 15.9 Å². The molecule has 1 fully saturated rings. The van der Waals surface area contributed by atoms with Crippen LogP contribution < -0.4 is 10.1 Å². The van der Waals surface area contributed by atoms with Gasteiger partial charge in [0, 0.05) is 30.3 Å². The summed E-state index contributed by atoms with van der Waals surface area (Å²) in [5.41, 5.74) is 0.882. The molecule has 0 spiro atoms. The molecule has 118 valence electrons. The van der Waals surface area contributed by atoms with Gasteiger partial charge in [0.2, 0.25) is 0 Å². The average Bonchev–Trinajstić information content (AvgIpc) is 2.43. The lowest BCUT2D eigenvalue weighted by atomic mass is 10.1. The summed E-state index contributed by atoms with van der Waals surface area (Å²) in [5, 5.41) is 3.39. The molecule has 1 N–H and O–H groups in total. The first-order valence-electron chi connectivity index (χ1n) is 6.72. The Kier molecular flexibility index (Phi) is 5.89. The second-order valence-electron chi connectivity index (χ2n) is 4.97. The molecule has 21 heavy (non-hydrogen) atoms. The summed E-state index contributed by atoms with van der Waals surface area (Å²) in [6, 6.07) is 5.41. The van der Waals surface area contributed by atoms with E-state index in [4.69, 9.17) is 9.47 Å². The summed E-state index contributed by atoms with van der Waals surface area (Å²) in [6.45, 7) is 0.801. The maximum absolute atomic E-state index is 12.2. The highest BCUT2D eigenvalue weighted by Crippen LogP contribution is 2.24. The van der Waals surface area contributed by atoms with Crippen LogP contribution in [0.3, 0.4) is 0 Å². The van der Waals surface area contributed by atoms with Gasteiger partial charge in [0.25, 0.3) is 0 Å². The Bertz CT molecular complexity index is 462. The summed E-state index contributed by atoms with van der Waals surface area (Å²) in [4.78, 5) is 0. The van der Waals surface area contributed by atoms with Gasteiger partial charge in [0.05, 0.1) is 0 Å². The molecule has 1 aliphatic heterocycles. The minimum absolute atomic E-state index is 0.213. The number of halogens is 4. The molecular formula is C14H17BrF3NO2. The van der Waals surface area contributed by atoms with Gasteiger partial charge in [0.15, 0.2) is 6.61 Å². The van der Waals surface area contributed by atoms with E-state index >= 15 is 0 Å². The van der Waals surface area contributed by atoms with Gasteiger partial charge < -0.3 is 14.8 Å².